The van der Waals surface area contributed by atoms with Gasteiger partial charge in [-0.25, -0.2) is 4.79 Å². The van der Waals surface area contributed by atoms with Crippen LogP contribution in [-0.2, 0) is 25.7 Å². The largest absolute Gasteiger partial charge is 0.479 e. The van der Waals surface area contributed by atoms with Crippen LogP contribution < -0.4 is 10.5 Å². The number of carboxylic acids is 1. The van der Waals surface area contributed by atoms with Crippen LogP contribution in [0.2, 0.25) is 0 Å². The van der Waals surface area contributed by atoms with Crippen molar-refractivity contribution in [2.45, 2.75) is 51.0 Å². The third kappa shape index (κ3) is 4.81. The Balaban J connectivity index is 2.02. The molecule has 0 aliphatic carbocycles. The molecule has 0 bridgehead atoms. The van der Waals surface area contributed by atoms with Crippen molar-refractivity contribution >= 4 is 17.6 Å². The van der Waals surface area contributed by atoms with E-state index in [2.05, 4.69) is 0 Å². The lowest BCUT2D eigenvalue weighted by Crippen LogP contribution is -2.53. The van der Waals surface area contributed by atoms with E-state index in [1.54, 1.807) is 19.1 Å². The van der Waals surface area contributed by atoms with Gasteiger partial charge in [0.15, 0.2) is 6.10 Å². The molecule has 138 valence electrons. The summed E-state index contributed by atoms with van der Waals surface area (Å²) in [6, 6.07) is 4.72. The molecule has 5 N–H and O–H groups in total. The summed E-state index contributed by atoms with van der Waals surface area (Å²) in [7, 11) is 0. The first-order valence-electron chi connectivity index (χ1n) is 7.77. The van der Waals surface area contributed by atoms with Crippen LogP contribution in [0.25, 0.3) is 0 Å². The van der Waals surface area contributed by atoms with Gasteiger partial charge >= 0.3 is 11.9 Å². The molecule has 25 heavy (non-hydrogen) atoms. The molecule has 1 heterocycles. The SMILES string of the molecule is CCC(=O)OCc1ccc(O[C@@H]2CC(O)[C@H](O)C(C(=O)O)O2)c(N)c1. The molecule has 0 saturated carbocycles. The Morgan fingerprint density at radius 1 is 1.36 bits per heavy atom. The van der Waals surface area contributed by atoms with Gasteiger partial charge < -0.3 is 35.3 Å². The number of anilines is 1. The van der Waals surface area contributed by atoms with E-state index in [1.807, 2.05) is 0 Å². The lowest BCUT2D eigenvalue weighted by Gasteiger charge is -2.34. The number of aliphatic hydroxyl groups is 2. The monoisotopic (exact) mass is 355 g/mol. The molecule has 4 atom stereocenters. The number of ether oxygens (including phenoxy) is 3. The maximum absolute atomic E-state index is 11.2. The summed E-state index contributed by atoms with van der Waals surface area (Å²) >= 11 is 0. The molecule has 1 aromatic carbocycles. The maximum Gasteiger partial charge on any atom is 0.335 e. The molecular weight excluding hydrogens is 334 g/mol. The summed E-state index contributed by atoms with van der Waals surface area (Å²) in [4.78, 5) is 22.2. The number of aliphatic carboxylic acids is 1. The molecule has 9 heteroatoms. The zero-order valence-electron chi connectivity index (χ0n) is 13.6. The number of benzene rings is 1. The highest BCUT2D eigenvalue weighted by Crippen LogP contribution is 2.28. The quantitative estimate of drug-likeness (QED) is 0.409. The van der Waals surface area contributed by atoms with Gasteiger partial charge in [0.1, 0.15) is 18.5 Å². The topological polar surface area (TPSA) is 149 Å². The highest BCUT2D eigenvalue weighted by Gasteiger charge is 2.42. The van der Waals surface area contributed by atoms with Gasteiger partial charge in [0.05, 0.1) is 11.8 Å². The molecule has 1 saturated heterocycles. The fourth-order valence-electron chi connectivity index (χ4n) is 2.32. The van der Waals surface area contributed by atoms with Crippen molar-refractivity contribution in [1.82, 2.24) is 0 Å². The van der Waals surface area contributed by atoms with Crippen molar-refractivity contribution in [3.05, 3.63) is 23.8 Å². The molecule has 0 aromatic heterocycles. The van der Waals surface area contributed by atoms with Gasteiger partial charge in [-0.2, -0.15) is 0 Å². The van der Waals surface area contributed by atoms with Gasteiger partial charge in [0.2, 0.25) is 6.29 Å². The second-order valence-corrected chi connectivity index (χ2v) is 5.62. The van der Waals surface area contributed by atoms with Crippen LogP contribution in [0.1, 0.15) is 25.3 Å². The van der Waals surface area contributed by atoms with E-state index in [9.17, 15) is 19.8 Å². The second-order valence-electron chi connectivity index (χ2n) is 5.62. The molecule has 2 unspecified atom stereocenters. The van der Waals surface area contributed by atoms with Crippen molar-refractivity contribution < 1.29 is 39.1 Å². The molecule has 2 rings (SSSR count). The normalized spacial score (nSPS) is 26.0. The number of nitrogen functional groups attached to an aromatic ring is 1. The van der Waals surface area contributed by atoms with Crippen LogP contribution in [0.5, 0.6) is 5.75 Å². The smallest absolute Gasteiger partial charge is 0.335 e. The van der Waals surface area contributed by atoms with Gasteiger partial charge in [-0.15, -0.1) is 0 Å². The van der Waals surface area contributed by atoms with E-state index >= 15 is 0 Å². The Morgan fingerprint density at radius 2 is 2.08 bits per heavy atom. The molecule has 0 spiro atoms. The Morgan fingerprint density at radius 3 is 2.68 bits per heavy atom. The highest BCUT2D eigenvalue weighted by molar-refractivity contribution is 5.73. The van der Waals surface area contributed by atoms with Crippen LogP contribution in [0, 0.1) is 0 Å². The molecular formula is C16H21NO8. The predicted molar refractivity (Wildman–Crippen MR) is 84.5 cm³/mol. The number of carboxylic acid groups (broad SMARTS) is 1. The van der Waals surface area contributed by atoms with Crippen molar-refractivity contribution in [2.75, 3.05) is 5.73 Å². The summed E-state index contributed by atoms with van der Waals surface area (Å²) in [5, 5.41) is 28.4. The predicted octanol–water partition coefficient (Wildman–Crippen LogP) is 0.0222. The average molecular weight is 355 g/mol. The van der Waals surface area contributed by atoms with Gasteiger partial charge in [-0.1, -0.05) is 13.0 Å². The highest BCUT2D eigenvalue weighted by atomic mass is 16.7. The lowest BCUT2D eigenvalue weighted by atomic mass is 10.0. The molecule has 1 aromatic rings. The standard InChI is InChI=1S/C16H21NO8/c1-2-12(19)23-7-8-3-4-11(9(17)5-8)24-13-6-10(18)14(20)15(25-13)16(21)22/h3-5,10,13-15,18,20H,2,6-7,17H2,1H3,(H,21,22)/t10?,13-,14-,15?/m0/s1. The van der Waals surface area contributed by atoms with E-state index in [0.29, 0.717) is 5.56 Å². The second kappa shape index (κ2) is 8.15. The number of hydrogen-bond donors (Lipinski definition) is 4. The fourth-order valence-corrected chi connectivity index (χ4v) is 2.32. The summed E-state index contributed by atoms with van der Waals surface area (Å²) in [5.74, 6) is -1.51. The number of hydrogen-bond acceptors (Lipinski definition) is 8. The van der Waals surface area contributed by atoms with Crippen molar-refractivity contribution in [2.24, 2.45) is 0 Å². The van der Waals surface area contributed by atoms with Crippen molar-refractivity contribution in [3.8, 4) is 5.75 Å². The third-order valence-corrected chi connectivity index (χ3v) is 3.70. The number of aliphatic hydroxyl groups excluding tert-OH is 2. The van der Waals surface area contributed by atoms with Gasteiger partial charge in [-0.3, -0.25) is 4.79 Å². The zero-order valence-corrected chi connectivity index (χ0v) is 13.6. The molecule has 9 nitrogen and oxygen atoms in total. The molecule has 1 fully saturated rings. The molecule has 0 amide bonds. The first kappa shape index (κ1) is 19.0. The Kier molecular flexibility index (Phi) is 6.18. The zero-order chi connectivity index (χ0) is 18.6. The molecule has 1 aliphatic rings. The Hall–Kier alpha value is -2.36. The van der Waals surface area contributed by atoms with Crippen LogP contribution in [0.3, 0.4) is 0 Å². The number of rotatable bonds is 6. The molecule has 1 aliphatic heterocycles. The van der Waals surface area contributed by atoms with Crippen LogP contribution >= 0.6 is 0 Å². The first-order valence-corrected chi connectivity index (χ1v) is 7.77. The van der Waals surface area contributed by atoms with E-state index in [1.165, 1.54) is 6.07 Å². The average Bonchev–Trinajstić information content (AvgIpc) is 2.57. The number of esters is 1. The maximum atomic E-state index is 11.2. The van der Waals surface area contributed by atoms with Crippen LogP contribution in [-0.4, -0.2) is 51.9 Å². The van der Waals surface area contributed by atoms with E-state index in [0.717, 1.165) is 0 Å². The summed E-state index contributed by atoms with van der Waals surface area (Å²) in [6.07, 6.45) is -5.35. The minimum absolute atomic E-state index is 0.0725. The first-order chi connectivity index (χ1) is 11.8. The molecule has 0 radical (unpaired) electrons. The van der Waals surface area contributed by atoms with Gasteiger partial charge in [0, 0.05) is 12.8 Å². The minimum Gasteiger partial charge on any atom is -0.479 e. The lowest BCUT2D eigenvalue weighted by molar-refractivity contribution is -0.228. The van der Waals surface area contributed by atoms with Crippen molar-refractivity contribution in [3.63, 3.8) is 0 Å². The summed E-state index contributed by atoms with van der Waals surface area (Å²) in [5.41, 5.74) is 6.78. The number of carbonyl (C=O) groups is 2. The Bertz CT molecular complexity index is 635. The van der Waals surface area contributed by atoms with Crippen LogP contribution in [0.15, 0.2) is 18.2 Å². The van der Waals surface area contributed by atoms with E-state index in [-0.39, 0.29) is 36.9 Å². The van der Waals surface area contributed by atoms with E-state index in [4.69, 9.17) is 25.1 Å². The van der Waals surface area contributed by atoms with E-state index < -0.39 is 30.6 Å². The summed E-state index contributed by atoms with van der Waals surface area (Å²) < 4.78 is 15.7. The van der Waals surface area contributed by atoms with Crippen molar-refractivity contribution in [1.29, 1.82) is 0 Å². The van der Waals surface area contributed by atoms with Gasteiger partial charge in [0.25, 0.3) is 0 Å². The minimum atomic E-state index is -1.59. The number of carbonyl (C=O) groups excluding carboxylic acids is 1. The fraction of sp³-hybridized carbons (Fsp3) is 0.500. The van der Waals surface area contributed by atoms with Gasteiger partial charge in [-0.05, 0) is 17.7 Å². The van der Waals surface area contributed by atoms with Crippen LogP contribution in [0.4, 0.5) is 5.69 Å². The summed E-state index contributed by atoms with van der Waals surface area (Å²) in [6.45, 7) is 1.76. The third-order valence-electron chi connectivity index (χ3n) is 3.70. The Labute approximate surface area is 143 Å². The number of nitrogens with two attached hydrogens (primary N) is 1.